The van der Waals surface area contributed by atoms with Crippen molar-refractivity contribution in [2.45, 2.75) is 25.7 Å². The molecule has 0 heterocycles. The topological polar surface area (TPSA) is 0 Å². The summed E-state index contributed by atoms with van der Waals surface area (Å²) in [7, 11) is 0. The van der Waals surface area contributed by atoms with Crippen molar-refractivity contribution >= 4 is 0 Å². The minimum Gasteiger partial charge on any atom is -1.00 e. The minimum absolute atomic E-state index is 0. The fraction of sp³-hybridized carbons (Fsp3) is 0.400. The molecule has 0 atom stereocenters. The zero-order valence-corrected chi connectivity index (χ0v) is 12.0. The summed E-state index contributed by atoms with van der Waals surface area (Å²) in [5, 5.41) is 0. The molecule has 0 spiro atoms. The van der Waals surface area contributed by atoms with Gasteiger partial charge in [-0.3, -0.25) is 0 Å². The van der Waals surface area contributed by atoms with Gasteiger partial charge in [-0.05, 0) is 0 Å². The van der Waals surface area contributed by atoms with Crippen molar-refractivity contribution in [1.82, 2.24) is 0 Å². The third-order valence-electron chi connectivity index (χ3n) is 2.15. The first kappa shape index (κ1) is 24.3. The third-order valence-corrected chi connectivity index (χ3v) is 2.15. The molecule has 0 saturated heterocycles. The van der Waals surface area contributed by atoms with Crippen LogP contribution in [0.15, 0.2) is 18.2 Å². The van der Waals surface area contributed by atoms with E-state index < -0.39 is 0 Å². The molecule has 1 aromatic rings. The first-order chi connectivity index (χ1) is 4.47. The van der Waals surface area contributed by atoms with Crippen molar-refractivity contribution < 1.29 is 58.9 Å². The van der Waals surface area contributed by atoms with Gasteiger partial charge in [-0.2, -0.15) is 23.3 Å². The van der Waals surface area contributed by atoms with Crippen LogP contribution in [0.1, 0.15) is 24.0 Å². The molecule has 81 valence electrons. The number of hydrogen-bond donors (Lipinski definition) is 0. The van der Waals surface area contributed by atoms with Crippen LogP contribution in [-0.4, -0.2) is 0 Å². The quantitative estimate of drug-likeness (QED) is 0.329. The Kier molecular flexibility index (Phi) is 20.8. The van der Waals surface area contributed by atoms with E-state index in [-0.39, 0.29) is 66.4 Å². The van der Waals surface area contributed by atoms with Crippen molar-refractivity contribution in [2.24, 2.45) is 0 Å². The third kappa shape index (κ3) is 5.73. The molecule has 0 unspecified atom stereocenters. The molecule has 14 heavy (non-hydrogen) atoms. The number of halogens is 3. The molecular formula is C10H14Cl3Ti-2. The maximum atomic E-state index is 2.26. The molecule has 2 rings (SSSR count). The van der Waals surface area contributed by atoms with Crippen molar-refractivity contribution in [3.05, 3.63) is 36.8 Å². The van der Waals surface area contributed by atoms with Crippen molar-refractivity contribution in [3.8, 4) is 0 Å². The smallest absolute Gasteiger partial charge is 1.00 e. The fourth-order valence-corrected chi connectivity index (χ4v) is 1.61. The van der Waals surface area contributed by atoms with E-state index in [1.54, 1.807) is 11.1 Å². The summed E-state index contributed by atoms with van der Waals surface area (Å²) >= 11 is 0. The Hall–Kier alpha value is 0.934. The molecule has 0 aromatic heterocycles. The molecule has 0 aliphatic heterocycles. The molecule has 0 fully saturated rings. The Morgan fingerprint density at radius 2 is 1.57 bits per heavy atom. The zero-order valence-electron chi connectivity index (χ0n) is 8.19. The van der Waals surface area contributed by atoms with Gasteiger partial charge in [0.2, 0.25) is 0 Å². The van der Waals surface area contributed by atoms with Crippen LogP contribution in [-0.2, 0) is 34.6 Å². The number of fused-ring (bicyclic) bond motifs is 1. The number of aryl methyl sites for hydroxylation is 2. The van der Waals surface area contributed by atoms with Crippen LogP contribution in [0.3, 0.4) is 0 Å². The van der Waals surface area contributed by atoms with Gasteiger partial charge in [-0.25, -0.2) is 6.07 Å². The van der Waals surface area contributed by atoms with Gasteiger partial charge in [0.05, 0.1) is 0 Å². The molecule has 0 saturated carbocycles. The van der Waals surface area contributed by atoms with Gasteiger partial charge in [-0.15, -0.1) is 0 Å². The van der Waals surface area contributed by atoms with E-state index in [2.05, 4.69) is 18.2 Å². The van der Waals surface area contributed by atoms with Crippen LogP contribution in [0.5, 0.6) is 0 Å². The second-order valence-electron chi connectivity index (χ2n) is 2.78. The first-order valence-corrected chi connectivity index (χ1v) is 3.70. The zero-order chi connectivity index (χ0) is 6.10. The maximum absolute atomic E-state index is 2.26. The SMILES string of the molecule is [CH3-].[Cl-].[Cl-].[Cl-].[Ti+3].c1cc2c([cH-]1)CCCC2. The normalized spacial score (nSPS) is 11.1. The van der Waals surface area contributed by atoms with Crippen LogP contribution in [0.25, 0.3) is 0 Å². The monoisotopic (exact) mass is 287 g/mol. The average molecular weight is 288 g/mol. The van der Waals surface area contributed by atoms with E-state index in [1.807, 2.05) is 0 Å². The summed E-state index contributed by atoms with van der Waals surface area (Å²) in [5.41, 5.74) is 3.20. The van der Waals surface area contributed by atoms with Crippen LogP contribution < -0.4 is 37.2 Å². The van der Waals surface area contributed by atoms with Gasteiger partial charge in [0.25, 0.3) is 0 Å². The molecule has 1 aromatic carbocycles. The van der Waals surface area contributed by atoms with Gasteiger partial charge in [-0.1, -0.05) is 25.7 Å². The largest absolute Gasteiger partial charge is 3.00 e. The standard InChI is InChI=1S/C9H11.CH3.3ClH.Ti/c1-2-5-9-7-3-6-8(9)4-1;;;;;/h3,6-7H,1-2,4-5H2;1H3;3*1H;/q2*-1;;;;+3/p-3. The molecule has 0 amide bonds. The van der Waals surface area contributed by atoms with Crippen molar-refractivity contribution in [2.75, 3.05) is 0 Å². The Morgan fingerprint density at radius 3 is 2.14 bits per heavy atom. The Morgan fingerprint density at radius 1 is 1.00 bits per heavy atom. The van der Waals surface area contributed by atoms with E-state index in [4.69, 9.17) is 0 Å². The Balaban J connectivity index is -0.0000001000. The molecule has 1 aliphatic carbocycles. The number of hydrogen-bond acceptors (Lipinski definition) is 0. The molecule has 1 aliphatic rings. The second kappa shape index (κ2) is 12.0. The summed E-state index contributed by atoms with van der Waals surface area (Å²) in [4.78, 5) is 0. The van der Waals surface area contributed by atoms with Crippen molar-refractivity contribution in [3.63, 3.8) is 0 Å². The summed E-state index contributed by atoms with van der Waals surface area (Å²) in [6.45, 7) is 0. The molecule has 0 bridgehead atoms. The summed E-state index contributed by atoms with van der Waals surface area (Å²) in [6, 6.07) is 6.69. The van der Waals surface area contributed by atoms with E-state index in [0.717, 1.165) is 0 Å². The first-order valence-electron chi connectivity index (χ1n) is 3.70. The van der Waals surface area contributed by atoms with E-state index in [1.165, 1.54) is 25.7 Å². The maximum Gasteiger partial charge on any atom is 3.00 e. The molecule has 0 nitrogen and oxygen atoms in total. The molecule has 1 radical (unpaired) electrons. The average Bonchev–Trinajstić information content (AvgIpc) is 2.33. The van der Waals surface area contributed by atoms with E-state index in [9.17, 15) is 0 Å². The number of rotatable bonds is 0. The summed E-state index contributed by atoms with van der Waals surface area (Å²) in [6.07, 6.45) is 5.44. The minimum atomic E-state index is 0. The summed E-state index contributed by atoms with van der Waals surface area (Å²) < 4.78 is 0. The van der Waals surface area contributed by atoms with Gasteiger partial charge in [0, 0.05) is 0 Å². The summed E-state index contributed by atoms with van der Waals surface area (Å²) in [5.74, 6) is 0. The Labute approximate surface area is 121 Å². The van der Waals surface area contributed by atoms with Gasteiger partial charge < -0.3 is 44.6 Å². The predicted molar refractivity (Wildman–Crippen MR) is 45.1 cm³/mol. The van der Waals surface area contributed by atoms with Crippen LogP contribution in [0, 0.1) is 7.43 Å². The second-order valence-corrected chi connectivity index (χ2v) is 2.78. The molecule has 4 heteroatoms. The van der Waals surface area contributed by atoms with Crippen molar-refractivity contribution in [1.29, 1.82) is 0 Å². The van der Waals surface area contributed by atoms with Gasteiger partial charge in [0.15, 0.2) is 0 Å². The van der Waals surface area contributed by atoms with Crippen LogP contribution in [0.2, 0.25) is 0 Å². The molecular weight excluding hydrogens is 274 g/mol. The Bertz CT molecular complexity index is 190. The van der Waals surface area contributed by atoms with Crippen LogP contribution >= 0.6 is 0 Å². The van der Waals surface area contributed by atoms with Gasteiger partial charge >= 0.3 is 21.7 Å². The van der Waals surface area contributed by atoms with E-state index >= 15 is 0 Å². The van der Waals surface area contributed by atoms with E-state index in [0.29, 0.717) is 0 Å². The molecule has 0 N–H and O–H groups in total. The van der Waals surface area contributed by atoms with Crippen LogP contribution in [0.4, 0.5) is 0 Å². The fourth-order valence-electron chi connectivity index (χ4n) is 1.61. The van der Waals surface area contributed by atoms with Gasteiger partial charge in [0.1, 0.15) is 0 Å². The predicted octanol–water partition coefficient (Wildman–Crippen LogP) is -6.26.